The lowest BCUT2D eigenvalue weighted by molar-refractivity contribution is -0.137. The highest BCUT2D eigenvalue weighted by atomic mass is 79.9. The molecule has 142 valence electrons. The molecule has 2 aromatic rings. The number of hydrogen-bond donors (Lipinski definition) is 1. The molecule has 1 aromatic heterocycles. The van der Waals surface area contributed by atoms with Crippen LogP contribution in [0.15, 0.2) is 39.3 Å². The van der Waals surface area contributed by atoms with E-state index in [9.17, 15) is 9.59 Å². The molecular weight excluding hydrogens is 410 g/mol. The van der Waals surface area contributed by atoms with Crippen LogP contribution in [-0.4, -0.2) is 35.0 Å². The van der Waals surface area contributed by atoms with Crippen molar-refractivity contribution in [3.8, 4) is 0 Å². The Balaban J connectivity index is 1.35. The fraction of sp³-hybridized carbons (Fsp3) is 0.450. The number of nitrogens with one attached hydrogen (secondary N) is 1. The average Bonchev–Trinajstić information content (AvgIpc) is 3.39. The largest absolute Gasteiger partial charge is 0.360 e. The lowest BCUT2D eigenvalue weighted by Gasteiger charge is -2.34. The van der Waals surface area contributed by atoms with Crippen molar-refractivity contribution in [2.75, 3.05) is 18.4 Å². The van der Waals surface area contributed by atoms with Crippen molar-refractivity contribution in [1.82, 2.24) is 10.1 Å². The van der Waals surface area contributed by atoms with Crippen molar-refractivity contribution >= 4 is 33.6 Å². The Kier molecular flexibility index (Phi) is 4.80. The van der Waals surface area contributed by atoms with Gasteiger partial charge in [-0.3, -0.25) is 9.59 Å². The standard InChI is InChI=1S/C20H22BrN3O3/c1-13-12-17(23-27-13)22-18(25)14-6-10-24(11-7-14)19(26)20(8-9-20)15-2-4-16(21)5-3-15/h2-5,12,14H,6-11H2,1H3,(H,22,23,25). The number of carbonyl (C=O) groups excluding carboxylic acids is 2. The number of aryl methyl sites for hydroxylation is 1. The fourth-order valence-electron chi connectivity index (χ4n) is 3.82. The number of rotatable bonds is 4. The third-order valence-electron chi connectivity index (χ3n) is 5.59. The summed E-state index contributed by atoms with van der Waals surface area (Å²) in [5.74, 6) is 1.16. The topological polar surface area (TPSA) is 75.4 Å². The fourth-order valence-corrected chi connectivity index (χ4v) is 4.09. The molecule has 2 amide bonds. The number of amides is 2. The first-order chi connectivity index (χ1) is 13.0. The second-order valence-electron chi connectivity index (χ2n) is 7.47. The number of likely N-dealkylation sites (tertiary alicyclic amines) is 1. The Bertz CT molecular complexity index is 850. The molecule has 2 fully saturated rings. The van der Waals surface area contributed by atoms with Gasteiger partial charge in [0.15, 0.2) is 5.82 Å². The second-order valence-corrected chi connectivity index (χ2v) is 8.38. The van der Waals surface area contributed by atoms with Crippen LogP contribution in [0, 0.1) is 12.8 Å². The summed E-state index contributed by atoms with van der Waals surface area (Å²) >= 11 is 3.45. The van der Waals surface area contributed by atoms with E-state index >= 15 is 0 Å². The Morgan fingerprint density at radius 3 is 2.44 bits per heavy atom. The lowest BCUT2D eigenvalue weighted by atomic mass is 9.91. The number of nitrogens with zero attached hydrogens (tertiary/aromatic N) is 2. The van der Waals surface area contributed by atoms with Crippen molar-refractivity contribution in [3.05, 3.63) is 46.1 Å². The third-order valence-corrected chi connectivity index (χ3v) is 6.12. The molecule has 2 heterocycles. The molecule has 1 aliphatic carbocycles. The van der Waals surface area contributed by atoms with Crippen molar-refractivity contribution in [3.63, 3.8) is 0 Å². The number of hydrogen-bond acceptors (Lipinski definition) is 4. The first-order valence-electron chi connectivity index (χ1n) is 9.27. The third kappa shape index (κ3) is 3.65. The normalized spacial score (nSPS) is 19.0. The molecule has 1 aliphatic heterocycles. The zero-order valence-electron chi connectivity index (χ0n) is 15.2. The van der Waals surface area contributed by atoms with Gasteiger partial charge in [0.1, 0.15) is 5.76 Å². The number of anilines is 1. The summed E-state index contributed by atoms with van der Waals surface area (Å²) in [4.78, 5) is 27.5. The van der Waals surface area contributed by atoms with Crippen LogP contribution in [0.1, 0.15) is 37.0 Å². The second kappa shape index (κ2) is 7.11. The highest BCUT2D eigenvalue weighted by Crippen LogP contribution is 2.50. The molecule has 1 aromatic carbocycles. The van der Waals surface area contributed by atoms with Crippen LogP contribution < -0.4 is 5.32 Å². The van der Waals surface area contributed by atoms with Gasteiger partial charge in [0.2, 0.25) is 11.8 Å². The number of carbonyl (C=O) groups is 2. The summed E-state index contributed by atoms with van der Waals surface area (Å²) in [6, 6.07) is 9.76. The van der Waals surface area contributed by atoms with Gasteiger partial charge in [0, 0.05) is 29.5 Å². The number of halogens is 1. The zero-order chi connectivity index (χ0) is 19.0. The van der Waals surface area contributed by atoms with E-state index < -0.39 is 0 Å². The van der Waals surface area contributed by atoms with Gasteiger partial charge in [0.05, 0.1) is 5.41 Å². The Labute approximate surface area is 166 Å². The van der Waals surface area contributed by atoms with Crippen molar-refractivity contribution < 1.29 is 14.1 Å². The summed E-state index contributed by atoms with van der Waals surface area (Å²) in [6.07, 6.45) is 3.15. The van der Waals surface area contributed by atoms with Crippen LogP contribution in [0.25, 0.3) is 0 Å². The summed E-state index contributed by atoms with van der Waals surface area (Å²) in [7, 11) is 0. The van der Waals surface area contributed by atoms with Crippen LogP contribution in [0.3, 0.4) is 0 Å². The molecule has 0 atom stereocenters. The molecule has 1 saturated carbocycles. The van der Waals surface area contributed by atoms with E-state index in [0.29, 0.717) is 37.5 Å². The molecule has 0 unspecified atom stereocenters. The van der Waals surface area contributed by atoms with E-state index in [1.54, 1.807) is 13.0 Å². The first-order valence-corrected chi connectivity index (χ1v) is 10.1. The van der Waals surface area contributed by atoms with Gasteiger partial charge in [-0.05, 0) is 50.3 Å². The minimum absolute atomic E-state index is 0.0514. The Hall–Kier alpha value is -2.15. The van der Waals surface area contributed by atoms with Gasteiger partial charge >= 0.3 is 0 Å². The van der Waals surface area contributed by atoms with Crippen LogP contribution in [-0.2, 0) is 15.0 Å². The Morgan fingerprint density at radius 1 is 1.22 bits per heavy atom. The molecule has 0 radical (unpaired) electrons. The van der Waals surface area contributed by atoms with Crippen molar-refractivity contribution in [2.24, 2.45) is 5.92 Å². The molecule has 1 N–H and O–H groups in total. The van der Waals surface area contributed by atoms with E-state index in [1.165, 1.54) is 0 Å². The molecule has 2 aliphatic rings. The molecule has 27 heavy (non-hydrogen) atoms. The molecule has 6 nitrogen and oxygen atoms in total. The first kappa shape index (κ1) is 18.2. The lowest BCUT2D eigenvalue weighted by Crippen LogP contribution is -2.45. The van der Waals surface area contributed by atoms with E-state index in [4.69, 9.17) is 4.52 Å². The summed E-state index contributed by atoms with van der Waals surface area (Å²) in [5, 5.41) is 6.60. The number of aromatic nitrogens is 1. The average molecular weight is 432 g/mol. The van der Waals surface area contributed by atoms with Crippen molar-refractivity contribution in [2.45, 2.75) is 38.0 Å². The maximum absolute atomic E-state index is 13.1. The van der Waals surface area contributed by atoms with Crippen LogP contribution in [0.4, 0.5) is 5.82 Å². The number of benzene rings is 1. The summed E-state index contributed by atoms with van der Waals surface area (Å²) < 4.78 is 5.99. The minimum Gasteiger partial charge on any atom is -0.360 e. The van der Waals surface area contributed by atoms with E-state index in [2.05, 4.69) is 26.4 Å². The molecule has 0 spiro atoms. The smallest absolute Gasteiger partial charge is 0.233 e. The van der Waals surface area contributed by atoms with Gasteiger partial charge in [-0.25, -0.2) is 0 Å². The maximum Gasteiger partial charge on any atom is 0.233 e. The predicted octanol–water partition coefficient (Wildman–Crippen LogP) is 3.65. The van der Waals surface area contributed by atoms with Crippen molar-refractivity contribution in [1.29, 1.82) is 0 Å². The van der Waals surface area contributed by atoms with Crippen LogP contribution in [0.5, 0.6) is 0 Å². The quantitative estimate of drug-likeness (QED) is 0.801. The zero-order valence-corrected chi connectivity index (χ0v) is 16.8. The SMILES string of the molecule is Cc1cc(NC(=O)C2CCN(C(=O)C3(c4ccc(Br)cc4)CC3)CC2)no1. The highest BCUT2D eigenvalue weighted by molar-refractivity contribution is 9.10. The summed E-state index contributed by atoms with van der Waals surface area (Å²) in [6.45, 7) is 3.02. The van der Waals surface area contributed by atoms with E-state index in [1.807, 2.05) is 29.2 Å². The monoisotopic (exact) mass is 431 g/mol. The molecule has 7 heteroatoms. The molecule has 4 rings (SSSR count). The maximum atomic E-state index is 13.1. The van der Waals surface area contributed by atoms with Gasteiger partial charge in [-0.1, -0.05) is 33.2 Å². The Morgan fingerprint density at radius 2 is 1.89 bits per heavy atom. The van der Waals surface area contributed by atoms with E-state index in [-0.39, 0.29) is 23.1 Å². The molecule has 0 bridgehead atoms. The van der Waals surface area contributed by atoms with Gasteiger partial charge in [-0.15, -0.1) is 0 Å². The molecular formula is C20H22BrN3O3. The number of piperidine rings is 1. The van der Waals surface area contributed by atoms with Crippen LogP contribution in [0.2, 0.25) is 0 Å². The van der Waals surface area contributed by atoms with Crippen LogP contribution >= 0.6 is 15.9 Å². The van der Waals surface area contributed by atoms with E-state index in [0.717, 1.165) is 22.9 Å². The van der Waals surface area contributed by atoms with Gasteiger partial charge in [-0.2, -0.15) is 0 Å². The van der Waals surface area contributed by atoms with Gasteiger partial charge < -0.3 is 14.7 Å². The summed E-state index contributed by atoms with van der Waals surface area (Å²) in [5.41, 5.74) is 0.741. The highest BCUT2D eigenvalue weighted by Gasteiger charge is 2.53. The molecule has 1 saturated heterocycles. The predicted molar refractivity (Wildman–Crippen MR) is 104 cm³/mol. The van der Waals surface area contributed by atoms with Gasteiger partial charge in [0.25, 0.3) is 0 Å². The minimum atomic E-state index is -0.353.